The molecule has 0 radical (unpaired) electrons. The summed E-state index contributed by atoms with van der Waals surface area (Å²) in [6.07, 6.45) is 3.84. The molecule has 0 bridgehead atoms. The van der Waals surface area contributed by atoms with Crippen LogP contribution in [0.2, 0.25) is 5.02 Å². The summed E-state index contributed by atoms with van der Waals surface area (Å²) in [6.45, 7) is 1.57. The molecule has 0 saturated heterocycles. The van der Waals surface area contributed by atoms with Gasteiger partial charge in [-0.3, -0.25) is 4.99 Å². The van der Waals surface area contributed by atoms with Crippen LogP contribution in [-0.4, -0.2) is 50.3 Å². The van der Waals surface area contributed by atoms with E-state index < -0.39 is 0 Å². The van der Waals surface area contributed by atoms with Crippen LogP contribution in [0.1, 0.15) is 17.7 Å². The third kappa shape index (κ3) is 5.82. The fourth-order valence-corrected chi connectivity index (χ4v) is 3.23. The Bertz CT molecular complexity index is 773. The first-order valence-electron chi connectivity index (χ1n) is 8.92. The molecular weight excluding hydrogens is 364 g/mol. The first-order valence-corrected chi connectivity index (χ1v) is 9.29. The zero-order valence-corrected chi connectivity index (χ0v) is 17.5. The highest BCUT2D eigenvalue weighted by Gasteiger charge is 2.10. The predicted molar refractivity (Wildman–Crippen MR) is 111 cm³/mol. The molecule has 0 fully saturated rings. The van der Waals surface area contributed by atoms with Crippen LogP contribution in [0.25, 0.3) is 0 Å². The minimum absolute atomic E-state index is 0.735. The van der Waals surface area contributed by atoms with E-state index in [1.807, 2.05) is 43.1 Å². The van der Waals surface area contributed by atoms with Gasteiger partial charge in [-0.1, -0.05) is 17.7 Å². The Balaban J connectivity index is 1.83. The second-order valence-electron chi connectivity index (χ2n) is 6.38. The number of nitrogens with one attached hydrogen (secondary N) is 1. The van der Waals surface area contributed by atoms with Gasteiger partial charge in [0.15, 0.2) is 17.5 Å². The maximum Gasteiger partial charge on any atom is 0.193 e. The molecule has 1 aromatic carbocycles. The van der Waals surface area contributed by atoms with Crippen LogP contribution < -0.4 is 14.8 Å². The van der Waals surface area contributed by atoms with E-state index in [2.05, 4.69) is 21.3 Å². The minimum Gasteiger partial charge on any atom is -0.493 e. The van der Waals surface area contributed by atoms with Gasteiger partial charge in [0.2, 0.25) is 0 Å². The van der Waals surface area contributed by atoms with Gasteiger partial charge in [0.25, 0.3) is 0 Å². The van der Waals surface area contributed by atoms with Crippen LogP contribution in [0, 0.1) is 0 Å². The number of methoxy groups -OCH3 is 2. The van der Waals surface area contributed by atoms with Gasteiger partial charge < -0.3 is 24.3 Å². The van der Waals surface area contributed by atoms with Crippen molar-refractivity contribution in [3.8, 4) is 11.5 Å². The summed E-state index contributed by atoms with van der Waals surface area (Å²) in [4.78, 5) is 6.45. The molecule has 7 heteroatoms. The molecule has 1 N–H and O–H groups in total. The van der Waals surface area contributed by atoms with Crippen molar-refractivity contribution < 1.29 is 9.47 Å². The van der Waals surface area contributed by atoms with E-state index in [0.29, 0.717) is 0 Å². The Morgan fingerprint density at radius 2 is 1.96 bits per heavy atom. The number of benzene rings is 1. The summed E-state index contributed by atoms with van der Waals surface area (Å²) in [5, 5.41) is 4.16. The molecule has 0 amide bonds. The van der Waals surface area contributed by atoms with Crippen molar-refractivity contribution in [3.05, 3.63) is 46.7 Å². The van der Waals surface area contributed by atoms with Crippen LogP contribution in [-0.2, 0) is 20.0 Å². The summed E-state index contributed by atoms with van der Waals surface area (Å²) in [7, 11) is 9.11. The van der Waals surface area contributed by atoms with E-state index in [4.69, 9.17) is 21.1 Å². The zero-order valence-electron chi connectivity index (χ0n) is 16.8. The van der Waals surface area contributed by atoms with Gasteiger partial charge in [-0.15, -0.1) is 0 Å². The number of aryl methyl sites for hydroxylation is 2. The van der Waals surface area contributed by atoms with E-state index in [1.54, 1.807) is 21.3 Å². The van der Waals surface area contributed by atoms with Gasteiger partial charge in [0, 0.05) is 39.6 Å². The number of rotatable bonds is 8. The molecule has 0 unspecified atom stereocenters. The fourth-order valence-electron chi connectivity index (χ4n) is 2.95. The number of guanidine groups is 1. The topological polar surface area (TPSA) is 51.0 Å². The maximum atomic E-state index is 6.06. The van der Waals surface area contributed by atoms with Crippen molar-refractivity contribution in [2.24, 2.45) is 12.0 Å². The molecule has 0 saturated carbocycles. The van der Waals surface area contributed by atoms with E-state index in [-0.39, 0.29) is 0 Å². The van der Waals surface area contributed by atoms with Gasteiger partial charge in [-0.25, -0.2) is 0 Å². The van der Waals surface area contributed by atoms with E-state index >= 15 is 0 Å². The summed E-state index contributed by atoms with van der Waals surface area (Å²) in [5.74, 6) is 2.38. The van der Waals surface area contributed by atoms with Gasteiger partial charge in [-0.05, 0) is 36.6 Å². The van der Waals surface area contributed by atoms with Crippen LogP contribution >= 0.6 is 11.6 Å². The highest BCUT2D eigenvalue weighted by Crippen LogP contribution is 2.27. The number of aromatic nitrogens is 1. The van der Waals surface area contributed by atoms with Crippen molar-refractivity contribution in [1.82, 2.24) is 14.8 Å². The lowest BCUT2D eigenvalue weighted by molar-refractivity contribution is 0.354. The van der Waals surface area contributed by atoms with Crippen LogP contribution in [0.5, 0.6) is 11.5 Å². The van der Waals surface area contributed by atoms with Gasteiger partial charge in [0.05, 0.1) is 25.8 Å². The lowest BCUT2D eigenvalue weighted by atomic mass is 10.1. The quantitative estimate of drug-likeness (QED) is 0.425. The molecule has 2 aromatic rings. The summed E-state index contributed by atoms with van der Waals surface area (Å²) < 4.78 is 12.7. The smallest absolute Gasteiger partial charge is 0.193 e. The first kappa shape index (κ1) is 21.0. The monoisotopic (exact) mass is 392 g/mol. The lowest BCUT2D eigenvalue weighted by Gasteiger charge is -2.22. The third-order valence-corrected chi connectivity index (χ3v) is 4.63. The lowest BCUT2D eigenvalue weighted by Crippen LogP contribution is -2.39. The van der Waals surface area contributed by atoms with Crippen LogP contribution in [0.3, 0.4) is 0 Å². The molecular formula is C20H29ClN4O2. The molecule has 0 aliphatic heterocycles. The average Bonchev–Trinajstić information content (AvgIpc) is 2.98. The summed E-state index contributed by atoms with van der Waals surface area (Å²) in [5.41, 5.74) is 2.35. The Morgan fingerprint density at radius 1 is 1.22 bits per heavy atom. The summed E-state index contributed by atoms with van der Waals surface area (Å²) in [6, 6.07) is 8.02. The Morgan fingerprint density at radius 3 is 2.56 bits per heavy atom. The van der Waals surface area contributed by atoms with E-state index in [0.717, 1.165) is 54.1 Å². The molecule has 27 heavy (non-hydrogen) atoms. The van der Waals surface area contributed by atoms with Crippen LogP contribution in [0.4, 0.5) is 0 Å². The number of hydrogen-bond acceptors (Lipinski definition) is 3. The molecule has 2 rings (SSSR count). The van der Waals surface area contributed by atoms with Gasteiger partial charge >= 0.3 is 0 Å². The number of ether oxygens (including phenoxy) is 2. The Hall–Kier alpha value is -2.34. The molecule has 0 atom stereocenters. The number of nitrogens with zero attached hydrogens (tertiary/aromatic N) is 3. The average molecular weight is 393 g/mol. The van der Waals surface area contributed by atoms with Crippen LogP contribution in [0.15, 0.2) is 35.5 Å². The molecule has 6 nitrogen and oxygen atoms in total. The number of hydrogen-bond donors (Lipinski definition) is 1. The summed E-state index contributed by atoms with van der Waals surface area (Å²) >= 11 is 6.06. The third-order valence-electron chi connectivity index (χ3n) is 4.42. The maximum absolute atomic E-state index is 6.06. The number of aliphatic imine (C=N–C) groups is 1. The van der Waals surface area contributed by atoms with Gasteiger partial charge in [0.1, 0.15) is 0 Å². The van der Waals surface area contributed by atoms with E-state index in [1.165, 1.54) is 5.56 Å². The molecule has 0 aliphatic rings. The molecule has 0 aliphatic carbocycles. The second kappa shape index (κ2) is 10.1. The highest BCUT2D eigenvalue weighted by atomic mass is 35.5. The molecule has 1 heterocycles. The van der Waals surface area contributed by atoms with Gasteiger partial charge in [-0.2, -0.15) is 0 Å². The first-order chi connectivity index (χ1) is 13.0. The highest BCUT2D eigenvalue weighted by molar-refractivity contribution is 6.30. The number of halogens is 1. The second-order valence-corrected chi connectivity index (χ2v) is 6.82. The predicted octanol–water partition coefficient (Wildman–Crippen LogP) is 3.34. The zero-order chi connectivity index (χ0) is 19.8. The molecule has 148 valence electrons. The fraction of sp³-hybridized carbons (Fsp3) is 0.450. The SMILES string of the molecule is CN=C(NCCCc1ccc(OC)c(OC)c1)N(C)Cc1cc(Cl)cn1C. The Labute approximate surface area is 166 Å². The molecule has 0 spiro atoms. The Kier molecular flexibility index (Phi) is 7.85. The standard InChI is InChI=1S/C20H29ClN4O2/c1-22-20(25(3)14-17-12-16(21)13-24(17)2)23-10-6-7-15-8-9-18(26-4)19(11-15)27-5/h8-9,11-13H,6-7,10,14H2,1-5H3,(H,22,23). The van der Waals surface area contributed by atoms with Crippen molar-refractivity contribution in [1.29, 1.82) is 0 Å². The van der Waals surface area contributed by atoms with Crippen molar-refractivity contribution >= 4 is 17.6 Å². The minimum atomic E-state index is 0.735. The van der Waals surface area contributed by atoms with Crippen molar-refractivity contribution in [2.75, 3.05) is 34.9 Å². The van der Waals surface area contributed by atoms with Crippen molar-refractivity contribution in [2.45, 2.75) is 19.4 Å². The van der Waals surface area contributed by atoms with E-state index in [9.17, 15) is 0 Å². The molecule has 1 aromatic heterocycles. The largest absolute Gasteiger partial charge is 0.493 e. The normalized spacial score (nSPS) is 11.4. The van der Waals surface area contributed by atoms with Crippen molar-refractivity contribution in [3.63, 3.8) is 0 Å².